The maximum absolute atomic E-state index is 12.6. The summed E-state index contributed by atoms with van der Waals surface area (Å²) in [6.07, 6.45) is -3.23. The molecule has 7 heteroatoms. The van der Waals surface area contributed by atoms with Gasteiger partial charge in [-0.25, -0.2) is 0 Å². The molecular formula is C11H15Cl2F3N2. The third-order valence-corrected chi connectivity index (χ3v) is 2.77. The van der Waals surface area contributed by atoms with Gasteiger partial charge in [-0.1, -0.05) is 17.7 Å². The normalized spacial score (nSPS) is 13.0. The van der Waals surface area contributed by atoms with Crippen molar-refractivity contribution in [2.24, 2.45) is 11.5 Å². The Hall–Kier alpha value is -0.490. The highest BCUT2D eigenvalue weighted by molar-refractivity contribution is 6.31. The first kappa shape index (κ1) is 17.5. The van der Waals surface area contributed by atoms with Gasteiger partial charge in [0.15, 0.2) is 0 Å². The molecule has 1 aromatic rings. The fraction of sp³-hybridized carbons (Fsp3) is 0.455. The molecule has 0 saturated carbocycles. The van der Waals surface area contributed by atoms with Crippen molar-refractivity contribution in [1.29, 1.82) is 0 Å². The van der Waals surface area contributed by atoms with Crippen LogP contribution < -0.4 is 11.5 Å². The molecule has 0 unspecified atom stereocenters. The lowest BCUT2D eigenvalue weighted by molar-refractivity contribution is -0.137. The minimum absolute atomic E-state index is 0. The van der Waals surface area contributed by atoms with Crippen molar-refractivity contribution in [3.05, 3.63) is 34.3 Å². The Labute approximate surface area is 115 Å². The summed E-state index contributed by atoms with van der Waals surface area (Å²) in [6, 6.07) is 3.29. The first-order valence-corrected chi connectivity index (χ1v) is 5.56. The molecule has 0 aliphatic rings. The Balaban J connectivity index is 0.00000289. The molecule has 4 N–H and O–H groups in total. The van der Waals surface area contributed by atoms with Crippen LogP contribution in [0.1, 0.15) is 30.0 Å². The number of benzene rings is 1. The molecule has 0 bridgehead atoms. The van der Waals surface area contributed by atoms with Crippen molar-refractivity contribution in [2.45, 2.75) is 25.1 Å². The molecular weight excluding hydrogens is 288 g/mol. The van der Waals surface area contributed by atoms with Gasteiger partial charge in [-0.15, -0.1) is 12.4 Å². The van der Waals surface area contributed by atoms with Crippen LogP contribution >= 0.6 is 24.0 Å². The Bertz CT molecular complexity index is 383. The van der Waals surface area contributed by atoms with E-state index in [1.165, 1.54) is 12.1 Å². The molecule has 0 saturated heterocycles. The first-order valence-electron chi connectivity index (χ1n) is 5.18. The van der Waals surface area contributed by atoms with E-state index in [1.54, 1.807) is 0 Å². The lowest BCUT2D eigenvalue weighted by Crippen LogP contribution is -2.14. The van der Waals surface area contributed by atoms with Crippen LogP contribution in [0.2, 0.25) is 5.02 Å². The maximum atomic E-state index is 12.6. The molecule has 0 heterocycles. The van der Waals surface area contributed by atoms with E-state index in [-0.39, 0.29) is 17.4 Å². The summed E-state index contributed by atoms with van der Waals surface area (Å²) in [4.78, 5) is 0. The van der Waals surface area contributed by atoms with Crippen molar-refractivity contribution < 1.29 is 13.2 Å². The highest BCUT2D eigenvalue weighted by Gasteiger charge is 2.33. The Kier molecular flexibility index (Phi) is 6.99. The highest BCUT2D eigenvalue weighted by atomic mass is 35.5. The van der Waals surface area contributed by atoms with E-state index in [4.69, 9.17) is 23.1 Å². The first-order chi connectivity index (χ1) is 7.86. The quantitative estimate of drug-likeness (QED) is 0.894. The molecule has 1 aromatic carbocycles. The molecule has 0 aliphatic heterocycles. The average Bonchev–Trinajstić information content (AvgIpc) is 2.25. The van der Waals surface area contributed by atoms with Crippen LogP contribution in [0.5, 0.6) is 0 Å². The van der Waals surface area contributed by atoms with Crippen molar-refractivity contribution in [2.75, 3.05) is 6.54 Å². The molecule has 2 nitrogen and oxygen atoms in total. The van der Waals surface area contributed by atoms with Crippen LogP contribution in [0, 0.1) is 0 Å². The summed E-state index contributed by atoms with van der Waals surface area (Å²) in [7, 11) is 0. The summed E-state index contributed by atoms with van der Waals surface area (Å²) in [5.41, 5.74) is 10.7. The topological polar surface area (TPSA) is 52.0 Å². The summed E-state index contributed by atoms with van der Waals surface area (Å²) < 4.78 is 37.8. The van der Waals surface area contributed by atoms with Crippen LogP contribution in [0.15, 0.2) is 18.2 Å². The third-order valence-electron chi connectivity index (χ3n) is 2.44. The van der Waals surface area contributed by atoms with Gasteiger partial charge >= 0.3 is 6.18 Å². The number of rotatable bonds is 4. The number of alkyl halides is 3. The molecule has 0 radical (unpaired) electrons. The molecule has 1 rings (SSSR count). The molecule has 104 valence electrons. The average molecular weight is 303 g/mol. The van der Waals surface area contributed by atoms with Crippen molar-refractivity contribution in [3.63, 3.8) is 0 Å². The van der Waals surface area contributed by atoms with E-state index in [9.17, 15) is 13.2 Å². The lowest BCUT2D eigenvalue weighted by atomic mass is 10.0. The van der Waals surface area contributed by atoms with Gasteiger partial charge in [-0.3, -0.25) is 0 Å². The Morgan fingerprint density at radius 3 is 2.39 bits per heavy atom. The zero-order chi connectivity index (χ0) is 13.1. The van der Waals surface area contributed by atoms with Crippen LogP contribution in [0.3, 0.4) is 0 Å². The lowest BCUT2D eigenvalue weighted by Gasteiger charge is -2.15. The predicted molar refractivity (Wildman–Crippen MR) is 68.9 cm³/mol. The number of halogens is 5. The fourth-order valence-corrected chi connectivity index (χ4v) is 1.72. The van der Waals surface area contributed by atoms with Gasteiger partial charge in [-0.2, -0.15) is 13.2 Å². The van der Waals surface area contributed by atoms with Crippen LogP contribution in [0.25, 0.3) is 0 Å². The summed E-state index contributed by atoms with van der Waals surface area (Å²) >= 11 is 5.51. The van der Waals surface area contributed by atoms with Gasteiger partial charge in [0.05, 0.1) is 10.6 Å². The second-order valence-corrected chi connectivity index (χ2v) is 4.18. The molecule has 18 heavy (non-hydrogen) atoms. The predicted octanol–water partition coefficient (Wildman–Crippen LogP) is 3.52. The SMILES string of the molecule is Cl.NCCC[C@H](N)c1ccc(Cl)c(C(F)(F)F)c1. The smallest absolute Gasteiger partial charge is 0.330 e. The number of hydrogen-bond donors (Lipinski definition) is 2. The Morgan fingerprint density at radius 1 is 1.28 bits per heavy atom. The van der Waals surface area contributed by atoms with E-state index in [1.807, 2.05) is 0 Å². The van der Waals surface area contributed by atoms with E-state index in [2.05, 4.69) is 0 Å². The van der Waals surface area contributed by atoms with E-state index in [0.717, 1.165) is 6.07 Å². The van der Waals surface area contributed by atoms with Crippen molar-refractivity contribution in [3.8, 4) is 0 Å². The van der Waals surface area contributed by atoms with Gasteiger partial charge in [0, 0.05) is 6.04 Å². The summed E-state index contributed by atoms with van der Waals surface area (Å²) in [5, 5.41) is -0.313. The second kappa shape index (κ2) is 7.19. The molecule has 0 amide bonds. The zero-order valence-electron chi connectivity index (χ0n) is 9.51. The van der Waals surface area contributed by atoms with E-state index >= 15 is 0 Å². The van der Waals surface area contributed by atoms with E-state index < -0.39 is 17.8 Å². The van der Waals surface area contributed by atoms with Gasteiger partial charge in [0.25, 0.3) is 0 Å². The standard InChI is InChI=1S/C11H14ClF3N2.ClH/c12-9-4-3-7(10(17)2-1-5-16)6-8(9)11(13,14)15;/h3-4,6,10H,1-2,5,16-17H2;1H/t10-;/m0./s1. The third kappa shape index (κ3) is 4.65. The number of hydrogen-bond acceptors (Lipinski definition) is 2. The summed E-state index contributed by atoms with van der Waals surface area (Å²) in [6.45, 7) is 0.466. The molecule has 0 fully saturated rings. The minimum Gasteiger partial charge on any atom is -0.330 e. The van der Waals surface area contributed by atoms with Crippen LogP contribution in [0.4, 0.5) is 13.2 Å². The van der Waals surface area contributed by atoms with Gasteiger partial charge < -0.3 is 11.5 Å². The van der Waals surface area contributed by atoms with Crippen LogP contribution in [-0.4, -0.2) is 6.54 Å². The van der Waals surface area contributed by atoms with Crippen LogP contribution in [-0.2, 0) is 6.18 Å². The Morgan fingerprint density at radius 2 is 1.89 bits per heavy atom. The second-order valence-electron chi connectivity index (χ2n) is 3.77. The minimum atomic E-state index is -4.46. The molecule has 0 aromatic heterocycles. The highest BCUT2D eigenvalue weighted by Crippen LogP contribution is 2.36. The van der Waals surface area contributed by atoms with Crippen molar-refractivity contribution >= 4 is 24.0 Å². The largest absolute Gasteiger partial charge is 0.417 e. The van der Waals surface area contributed by atoms with Gasteiger partial charge in [0.1, 0.15) is 0 Å². The zero-order valence-corrected chi connectivity index (χ0v) is 11.1. The van der Waals surface area contributed by atoms with Gasteiger partial charge in [0.2, 0.25) is 0 Å². The number of nitrogens with two attached hydrogens (primary N) is 2. The van der Waals surface area contributed by atoms with E-state index in [0.29, 0.717) is 24.9 Å². The van der Waals surface area contributed by atoms with Crippen molar-refractivity contribution in [1.82, 2.24) is 0 Å². The maximum Gasteiger partial charge on any atom is 0.417 e. The molecule has 0 aliphatic carbocycles. The molecule has 0 spiro atoms. The van der Waals surface area contributed by atoms with Gasteiger partial charge in [-0.05, 0) is 37.1 Å². The monoisotopic (exact) mass is 302 g/mol. The fourth-order valence-electron chi connectivity index (χ4n) is 1.50. The molecule has 1 atom stereocenters. The summed E-state index contributed by atoms with van der Waals surface area (Å²) in [5.74, 6) is 0.